The summed E-state index contributed by atoms with van der Waals surface area (Å²) in [5.74, 6) is -2.04. The molecule has 0 amide bonds. The fraction of sp³-hybridized carbons (Fsp3) is 0.312. The largest absolute Gasteiger partial charge is 0.573 e. The lowest BCUT2D eigenvalue weighted by molar-refractivity contribution is -0.274. The number of hydrogen-bond acceptors (Lipinski definition) is 7. The van der Waals surface area contributed by atoms with Crippen molar-refractivity contribution in [2.24, 2.45) is 0 Å². The fourth-order valence-corrected chi connectivity index (χ4v) is 4.78. The highest BCUT2D eigenvalue weighted by atomic mass is 32.2. The first-order valence-electron chi connectivity index (χ1n) is 8.15. The Hall–Kier alpha value is -2.77. The lowest BCUT2D eigenvalue weighted by Gasteiger charge is -2.42. The van der Waals surface area contributed by atoms with Gasteiger partial charge in [-0.1, -0.05) is 0 Å². The highest BCUT2D eigenvalue weighted by Crippen LogP contribution is 2.35. The van der Waals surface area contributed by atoms with Crippen molar-refractivity contribution in [3.8, 4) is 5.75 Å². The Balaban J connectivity index is 2.04. The highest BCUT2D eigenvalue weighted by Gasteiger charge is 2.53. The van der Waals surface area contributed by atoms with Crippen LogP contribution in [0.4, 0.5) is 13.2 Å². The van der Waals surface area contributed by atoms with Crippen molar-refractivity contribution in [3.63, 3.8) is 0 Å². The van der Waals surface area contributed by atoms with Crippen LogP contribution >= 0.6 is 0 Å². The monoisotopic (exact) mass is 432 g/mol. The molecule has 1 aliphatic rings. The molecule has 1 saturated heterocycles. The van der Waals surface area contributed by atoms with E-state index in [-0.39, 0.29) is 30.1 Å². The molecule has 0 bridgehead atoms. The Morgan fingerprint density at radius 1 is 1.21 bits per heavy atom. The maximum Gasteiger partial charge on any atom is 0.573 e. The number of nitrogens with zero attached hydrogens (tertiary/aromatic N) is 3. The molecule has 2 aromatic rings. The molecule has 0 saturated carbocycles. The molecule has 2 heterocycles. The summed E-state index contributed by atoms with van der Waals surface area (Å²) in [6.07, 6.45) is -1.34. The summed E-state index contributed by atoms with van der Waals surface area (Å²) in [6, 6.07) is 3.53. The number of hydrogen-bond donors (Lipinski definition) is 2. The minimum atomic E-state index is -4.93. The van der Waals surface area contributed by atoms with Crippen LogP contribution in [0.1, 0.15) is 5.56 Å². The van der Waals surface area contributed by atoms with E-state index in [1.54, 1.807) is 0 Å². The highest BCUT2D eigenvalue weighted by molar-refractivity contribution is 7.89. The van der Waals surface area contributed by atoms with Gasteiger partial charge in [0.2, 0.25) is 10.0 Å². The number of aromatic nitrogens is 2. The van der Waals surface area contributed by atoms with Gasteiger partial charge in [-0.05, 0) is 24.3 Å². The van der Waals surface area contributed by atoms with Gasteiger partial charge in [0, 0.05) is 37.6 Å². The van der Waals surface area contributed by atoms with Gasteiger partial charge in [0.25, 0.3) is 0 Å². The van der Waals surface area contributed by atoms with Crippen molar-refractivity contribution in [2.45, 2.75) is 16.8 Å². The molecule has 1 fully saturated rings. The van der Waals surface area contributed by atoms with Crippen molar-refractivity contribution in [1.82, 2.24) is 19.6 Å². The fourth-order valence-electron chi connectivity index (χ4n) is 3.06. The molecular weight excluding hydrogens is 417 g/mol. The van der Waals surface area contributed by atoms with Crippen LogP contribution in [-0.2, 0) is 20.4 Å². The van der Waals surface area contributed by atoms with E-state index in [0.717, 1.165) is 28.6 Å². The molecule has 1 aliphatic heterocycles. The number of carboxylic acid groups (broad SMARTS) is 1. The molecular formula is C16H15F3N4O5S. The van der Waals surface area contributed by atoms with Gasteiger partial charge < -0.3 is 15.2 Å². The quantitative estimate of drug-likeness (QED) is 0.716. The van der Waals surface area contributed by atoms with E-state index in [0.29, 0.717) is 0 Å². The van der Waals surface area contributed by atoms with Crippen molar-refractivity contribution in [3.05, 3.63) is 48.5 Å². The number of halogens is 3. The maximum absolute atomic E-state index is 13.2. The van der Waals surface area contributed by atoms with Gasteiger partial charge >= 0.3 is 12.3 Å². The van der Waals surface area contributed by atoms with Crippen LogP contribution in [0, 0.1) is 0 Å². The van der Waals surface area contributed by atoms with Crippen molar-refractivity contribution >= 4 is 16.0 Å². The molecule has 1 unspecified atom stereocenters. The van der Waals surface area contributed by atoms with E-state index < -0.39 is 33.6 Å². The lowest BCUT2D eigenvalue weighted by atomic mass is 9.90. The van der Waals surface area contributed by atoms with Crippen LogP contribution in [-0.4, -0.2) is 59.8 Å². The zero-order valence-electron chi connectivity index (χ0n) is 14.6. The minimum absolute atomic E-state index is 0.0419. The van der Waals surface area contributed by atoms with E-state index in [4.69, 9.17) is 0 Å². The number of benzene rings is 1. The summed E-state index contributed by atoms with van der Waals surface area (Å²) in [5.41, 5.74) is -1.99. The second-order valence-corrected chi connectivity index (χ2v) is 7.93. The molecule has 1 atom stereocenters. The van der Waals surface area contributed by atoms with Crippen LogP contribution in [0.2, 0.25) is 0 Å². The van der Waals surface area contributed by atoms with Crippen LogP contribution in [0.25, 0.3) is 0 Å². The zero-order chi connectivity index (χ0) is 21.3. The van der Waals surface area contributed by atoms with Crippen molar-refractivity contribution in [1.29, 1.82) is 0 Å². The number of carboxylic acids is 1. The summed E-state index contributed by atoms with van der Waals surface area (Å²) in [6.45, 7) is -0.258. The number of piperazine rings is 1. The average molecular weight is 432 g/mol. The summed E-state index contributed by atoms with van der Waals surface area (Å²) < 4.78 is 67.9. The second-order valence-electron chi connectivity index (χ2n) is 6.07. The van der Waals surface area contributed by atoms with E-state index in [1.165, 1.54) is 18.7 Å². The van der Waals surface area contributed by atoms with Crippen LogP contribution in [0.3, 0.4) is 0 Å². The van der Waals surface area contributed by atoms with Gasteiger partial charge in [0.05, 0.1) is 4.90 Å². The third-order valence-corrected chi connectivity index (χ3v) is 6.28. The summed E-state index contributed by atoms with van der Waals surface area (Å²) in [4.78, 5) is 19.4. The topological polar surface area (TPSA) is 122 Å². The number of alkyl halides is 3. The molecule has 0 radical (unpaired) electrons. The lowest BCUT2D eigenvalue weighted by Crippen LogP contribution is -2.64. The molecule has 0 spiro atoms. The van der Waals surface area contributed by atoms with Gasteiger partial charge in [-0.2, -0.15) is 4.31 Å². The van der Waals surface area contributed by atoms with Gasteiger partial charge in [-0.3, -0.25) is 0 Å². The smallest absolute Gasteiger partial charge is 0.480 e. The number of ether oxygens (including phenoxy) is 1. The Morgan fingerprint density at radius 3 is 2.38 bits per heavy atom. The number of rotatable bonds is 5. The van der Waals surface area contributed by atoms with Gasteiger partial charge in [0.15, 0.2) is 5.54 Å². The second kappa shape index (κ2) is 7.57. The average Bonchev–Trinajstić information content (AvgIpc) is 2.67. The molecule has 0 aliphatic carbocycles. The molecule has 2 N–H and O–H groups in total. The third kappa shape index (κ3) is 4.02. The minimum Gasteiger partial charge on any atom is -0.480 e. The molecule has 9 nitrogen and oxygen atoms in total. The summed E-state index contributed by atoms with van der Waals surface area (Å²) in [7, 11) is -4.40. The predicted octanol–water partition coefficient (Wildman–Crippen LogP) is 0.949. The normalized spacial score (nSPS) is 20.9. The van der Waals surface area contributed by atoms with E-state index >= 15 is 0 Å². The molecule has 29 heavy (non-hydrogen) atoms. The SMILES string of the molecule is O=C(O)C1(c2cncnc2)CNCCN1S(=O)(=O)c1ccc(OC(F)(F)F)cc1. The first-order chi connectivity index (χ1) is 13.6. The summed E-state index contributed by atoms with van der Waals surface area (Å²) in [5, 5.41) is 12.8. The Labute approximate surface area is 163 Å². The van der Waals surface area contributed by atoms with E-state index in [2.05, 4.69) is 20.0 Å². The molecule has 13 heteroatoms. The van der Waals surface area contributed by atoms with Crippen LogP contribution in [0.5, 0.6) is 5.75 Å². The van der Waals surface area contributed by atoms with Crippen molar-refractivity contribution < 1.29 is 36.2 Å². The summed E-state index contributed by atoms with van der Waals surface area (Å²) >= 11 is 0. The Morgan fingerprint density at radius 2 is 1.83 bits per heavy atom. The molecule has 3 rings (SSSR count). The number of aliphatic carboxylic acids is 1. The molecule has 1 aromatic heterocycles. The van der Waals surface area contributed by atoms with E-state index in [1.807, 2.05) is 0 Å². The van der Waals surface area contributed by atoms with Gasteiger partial charge in [-0.15, -0.1) is 13.2 Å². The van der Waals surface area contributed by atoms with Crippen molar-refractivity contribution in [2.75, 3.05) is 19.6 Å². The standard InChI is InChI=1S/C16H15F3N4O5S/c17-16(18,19)28-12-1-3-13(4-2-12)29(26,27)23-6-5-20-9-15(23,14(24)25)11-7-21-10-22-8-11/h1-4,7-8,10,20H,5-6,9H2,(H,24,25). The number of carbonyl (C=O) groups is 1. The molecule has 156 valence electrons. The van der Waals surface area contributed by atoms with Crippen LogP contribution < -0.4 is 10.1 Å². The number of nitrogens with one attached hydrogen (secondary N) is 1. The first kappa shape index (κ1) is 21.0. The van der Waals surface area contributed by atoms with Crippen LogP contribution in [0.15, 0.2) is 47.9 Å². The first-order valence-corrected chi connectivity index (χ1v) is 9.60. The van der Waals surface area contributed by atoms with Gasteiger partial charge in [0.1, 0.15) is 12.1 Å². The third-order valence-electron chi connectivity index (χ3n) is 4.34. The van der Waals surface area contributed by atoms with Gasteiger partial charge in [-0.25, -0.2) is 23.2 Å². The predicted molar refractivity (Wildman–Crippen MR) is 91.2 cm³/mol. The Bertz CT molecular complexity index is 986. The maximum atomic E-state index is 13.2. The van der Waals surface area contributed by atoms with E-state index in [9.17, 15) is 31.5 Å². The zero-order valence-corrected chi connectivity index (χ0v) is 15.4. The number of sulfonamides is 1. The molecule has 1 aromatic carbocycles. The Kier molecular flexibility index (Phi) is 5.47.